The molecule has 0 saturated heterocycles. The third-order valence-corrected chi connectivity index (χ3v) is 2.60. The fourth-order valence-corrected chi connectivity index (χ4v) is 1.61. The number of hydrogen-bond acceptors (Lipinski definition) is 2. The van der Waals surface area contributed by atoms with Crippen molar-refractivity contribution in [3.63, 3.8) is 0 Å². The topological polar surface area (TPSA) is 42.5 Å². The molecule has 5 nitrogen and oxygen atoms in total. The number of aromatic nitrogens is 2. The number of likely N-dealkylation sites (N-methyl/N-ethyl adjacent to an activating group) is 1. The lowest BCUT2D eigenvalue weighted by Gasteiger charge is -2.11. The van der Waals surface area contributed by atoms with E-state index in [4.69, 9.17) is 6.57 Å². The quantitative estimate of drug-likeness (QED) is 0.734. The molecule has 0 saturated carbocycles. The summed E-state index contributed by atoms with van der Waals surface area (Å²) < 4.78 is 1.80. The van der Waals surface area contributed by atoms with Crippen LogP contribution in [0.5, 0.6) is 0 Å². The van der Waals surface area contributed by atoms with Gasteiger partial charge in [-0.3, -0.25) is 9.78 Å². The predicted molar refractivity (Wildman–Crippen MR) is 64.7 cm³/mol. The molecule has 0 aromatic carbocycles. The molecule has 0 radical (unpaired) electrons. The highest BCUT2D eigenvalue weighted by atomic mass is 16.2. The summed E-state index contributed by atoms with van der Waals surface area (Å²) in [6.45, 7) is 7.31. The van der Waals surface area contributed by atoms with E-state index >= 15 is 0 Å². The summed E-state index contributed by atoms with van der Waals surface area (Å²) in [5.74, 6) is 0.00992. The zero-order valence-electron chi connectivity index (χ0n) is 9.71. The molecule has 1 amide bonds. The van der Waals surface area contributed by atoms with E-state index in [1.54, 1.807) is 24.9 Å². The average Bonchev–Trinajstić information content (AvgIpc) is 2.72. The summed E-state index contributed by atoms with van der Waals surface area (Å²) in [6.07, 6.45) is 5.02. The molecule has 17 heavy (non-hydrogen) atoms. The van der Waals surface area contributed by atoms with Gasteiger partial charge >= 0.3 is 0 Å². The lowest BCUT2D eigenvalue weighted by atomic mass is 10.3. The highest BCUT2D eigenvalue weighted by molar-refractivity contribution is 5.92. The first-order chi connectivity index (χ1) is 8.13. The fraction of sp³-hybridized carbons (Fsp3) is 0.250. The van der Waals surface area contributed by atoms with Gasteiger partial charge in [0.25, 0.3) is 0 Å². The molecule has 0 fully saturated rings. The number of carbonyl (C=O) groups excluding carboxylic acids is 1. The Kier molecular flexibility index (Phi) is 2.79. The molecule has 2 aromatic rings. The van der Waals surface area contributed by atoms with Crippen LogP contribution < -0.4 is 0 Å². The van der Waals surface area contributed by atoms with Crippen LogP contribution in [0, 0.1) is 6.57 Å². The van der Waals surface area contributed by atoms with Crippen molar-refractivity contribution in [2.24, 2.45) is 0 Å². The van der Waals surface area contributed by atoms with Crippen LogP contribution in [0.3, 0.4) is 0 Å². The maximum atomic E-state index is 11.6. The van der Waals surface area contributed by atoms with Crippen molar-refractivity contribution in [3.8, 4) is 0 Å². The van der Waals surface area contributed by atoms with Crippen LogP contribution in [0.4, 0.5) is 5.69 Å². The summed E-state index contributed by atoms with van der Waals surface area (Å²) in [5, 5.41) is 0.835. The molecule has 0 aliphatic rings. The second-order valence-corrected chi connectivity index (χ2v) is 3.94. The van der Waals surface area contributed by atoms with E-state index < -0.39 is 0 Å². The molecule has 0 unspecified atom stereocenters. The Balaban J connectivity index is 2.44. The number of nitrogens with zero attached hydrogens (tertiary/aromatic N) is 4. The SMILES string of the molecule is [C-]#[N+]c1cncc2c1ccn2CC(=O)N(C)C. The maximum absolute atomic E-state index is 11.6. The minimum absolute atomic E-state index is 0.00992. The fourth-order valence-electron chi connectivity index (χ4n) is 1.61. The molecule has 0 atom stereocenters. The molecular formula is C12H12N4O. The second-order valence-electron chi connectivity index (χ2n) is 3.94. The summed E-state index contributed by atoms with van der Waals surface area (Å²) in [4.78, 5) is 20.6. The van der Waals surface area contributed by atoms with Crippen molar-refractivity contribution < 1.29 is 4.79 Å². The van der Waals surface area contributed by atoms with Gasteiger partial charge in [0, 0.05) is 38.1 Å². The lowest BCUT2D eigenvalue weighted by Crippen LogP contribution is -2.25. The monoisotopic (exact) mass is 228 g/mol. The number of fused-ring (bicyclic) bond motifs is 1. The van der Waals surface area contributed by atoms with E-state index in [2.05, 4.69) is 9.83 Å². The standard InChI is InChI=1S/C12H12N4O/c1-13-10-6-14-7-11-9(10)4-5-16(11)8-12(17)15(2)3/h4-7H,8H2,2-3H3. The van der Waals surface area contributed by atoms with Gasteiger partial charge in [0.05, 0.1) is 12.1 Å². The average molecular weight is 228 g/mol. The zero-order valence-corrected chi connectivity index (χ0v) is 9.71. The van der Waals surface area contributed by atoms with Crippen molar-refractivity contribution in [2.75, 3.05) is 14.1 Å². The third kappa shape index (κ3) is 1.97. The third-order valence-electron chi connectivity index (χ3n) is 2.60. The number of hydrogen-bond donors (Lipinski definition) is 0. The van der Waals surface area contributed by atoms with E-state index in [0.717, 1.165) is 10.9 Å². The summed E-state index contributed by atoms with van der Waals surface area (Å²) in [5.41, 5.74) is 1.33. The normalized spacial score (nSPS) is 10.2. The van der Waals surface area contributed by atoms with Crippen LogP contribution in [0.15, 0.2) is 24.7 Å². The molecule has 0 aliphatic heterocycles. The first-order valence-corrected chi connectivity index (χ1v) is 5.14. The van der Waals surface area contributed by atoms with Crippen molar-refractivity contribution in [3.05, 3.63) is 36.1 Å². The largest absolute Gasteiger partial charge is 0.347 e. The summed E-state index contributed by atoms with van der Waals surface area (Å²) in [6, 6.07) is 1.84. The molecule has 2 rings (SSSR count). The van der Waals surface area contributed by atoms with Gasteiger partial charge in [-0.15, -0.1) is 0 Å². The van der Waals surface area contributed by atoms with E-state index in [-0.39, 0.29) is 12.5 Å². The molecule has 2 heterocycles. The van der Waals surface area contributed by atoms with E-state index in [0.29, 0.717) is 5.69 Å². The number of rotatable bonds is 2. The molecule has 0 bridgehead atoms. The minimum Gasteiger partial charge on any atom is -0.347 e. The number of pyridine rings is 1. The Labute approximate surface area is 99.1 Å². The van der Waals surface area contributed by atoms with Gasteiger partial charge < -0.3 is 9.47 Å². The Morgan fingerprint density at radius 3 is 2.94 bits per heavy atom. The van der Waals surface area contributed by atoms with Crippen LogP contribution in [-0.4, -0.2) is 34.5 Å². The summed E-state index contributed by atoms with van der Waals surface area (Å²) in [7, 11) is 3.44. The first kappa shape index (κ1) is 11.1. The maximum Gasteiger partial charge on any atom is 0.241 e. The molecule has 5 heteroatoms. The van der Waals surface area contributed by atoms with Crippen molar-refractivity contribution >= 4 is 22.5 Å². The van der Waals surface area contributed by atoms with E-state index in [1.807, 2.05) is 12.3 Å². The molecule has 86 valence electrons. The number of carbonyl (C=O) groups is 1. The van der Waals surface area contributed by atoms with Gasteiger partial charge in [-0.25, -0.2) is 4.85 Å². The Morgan fingerprint density at radius 2 is 2.29 bits per heavy atom. The van der Waals surface area contributed by atoms with Gasteiger partial charge in [0.1, 0.15) is 6.54 Å². The number of amides is 1. The second kappa shape index (κ2) is 4.26. The van der Waals surface area contributed by atoms with Crippen LogP contribution in [-0.2, 0) is 11.3 Å². The van der Waals surface area contributed by atoms with Crippen LogP contribution >= 0.6 is 0 Å². The Bertz CT molecular complexity index is 606. The smallest absolute Gasteiger partial charge is 0.241 e. The molecular weight excluding hydrogens is 216 g/mol. The van der Waals surface area contributed by atoms with E-state index in [1.165, 1.54) is 11.1 Å². The van der Waals surface area contributed by atoms with Gasteiger partial charge in [0.15, 0.2) is 0 Å². The van der Waals surface area contributed by atoms with Gasteiger partial charge in [-0.2, -0.15) is 0 Å². The van der Waals surface area contributed by atoms with Crippen LogP contribution in [0.2, 0.25) is 0 Å². The van der Waals surface area contributed by atoms with Crippen molar-refractivity contribution in [2.45, 2.75) is 6.54 Å². The minimum atomic E-state index is 0.00992. The predicted octanol–water partition coefficient (Wildman–Crippen LogP) is 1.68. The van der Waals surface area contributed by atoms with Gasteiger partial charge in [-0.05, 0) is 6.07 Å². The van der Waals surface area contributed by atoms with Crippen molar-refractivity contribution in [1.29, 1.82) is 0 Å². The van der Waals surface area contributed by atoms with Crippen molar-refractivity contribution in [1.82, 2.24) is 14.5 Å². The van der Waals surface area contributed by atoms with Gasteiger partial charge in [-0.1, -0.05) is 0 Å². The van der Waals surface area contributed by atoms with E-state index in [9.17, 15) is 4.79 Å². The van der Waals surface area contributed by atoms with Crippen LogP contribution in [0.25, 0.3) is 15.7 Å². The lowest BCUT2D eigenvalue weighted by molar-refractivity contribution is -0.129. The molecule has 0 spiro atoms. The summed E-state index contributed by atoms with van der Waals surface area (Å²) >= 11 is 0. The molecule has 0 N–H and O–H groups in total. The first-order valence-electron chi connectivity index (χ1n) is 5.14. The molecule has 2 aromatic heterocycles. The Hall–Kier alpha value is -2.35. The van der Waals surface area contributed by atoms with Gasteiger partial charge in [0.2, 0.25) is 11.6 Å². The molecule has 0 aliphatic carbocycles. The highest BCUT2D eigenvalue weighted by Gasteiger charge is 2.10. The van der Waals surface area contributed by atoms with Crippen LogP contribution in [0.1, 0.15) is 0 Å². The highest BCUT2D eigenvalue weighted by Crippen LogP contribution is 2.25. The zero-order chi connectivity index (χ0) is 12.4. The Morgan fingerprint density at radius 1 is 1.53 bits per heavy atom.